The summed E-state index contributed by atoms with van der Waals surface area (Å²) in [7, 11) is 0. The van der Waals surface area contributed by atoms with Crippen LogP contribution in [0.5, 0.6) is 5.75 Å². The molecule has 3 atom stereocenters. The summed E-state index contributed by atoms with van der Waals surface area (Å²) >= 11 is 6.81. The van der Waals surface area contributed by atoms with Crippen LogP contribution in [-0.2, 0) is 14.4 Å². The van der Waals surface area contributed by atoms with E-state index >= 15 is 0 Å². The number of hydrogen-bond acceptors (Lipinski definition) is 5. The normalized spacial score (nSPS) is 22.8. The molecule has 0 aliphatic carbocycles. The predicted molar refractivity (Wildman–Crippen MR) is 122 cm³/mol. The van der Waals surface area contributed by atoms with Gasteiger partial charge in [0.2, 0.25) is 5.91 Å². The molecule has 0 saturated carbocycles. The average Bonchev–Trinajstić information content (AvgIpc) is 3.28. The summed E-state index contributed by atoms with van der Waals surface area (Å²) < 4.78 is 1.59. The molecule has 0 spiro atoms. The summed E-state index contributed by atoms with van der Waals surface area (Å²) in [6.07, 6.45) is -0.986. The number of phenols is 1. The molecule has 0 bridgehead atoms. The van der Waals surface area contributed by atoms with E-state index in [1.54, 1.807) is 47.5 Å². The lowest BCUT2D eigenvalue weighted by molar-refractivity contribution is -0.126. The second-order valence-electron chi connectivity index (χ2n) is 7.35. The minimum atomic E-state index is -0.986. The lowest BCUT2D eigenvalue weighted by Gasteiger charge is -2.29. The van der Waals surface area contributed by atoms with E-state index in [0.717, 1.165) is 8.95 Å². The zero-order valence-corrected chi connectivity index (χ0v) is 19.2. The third-order valence-corrected chi connectivity index (χ3v) is 6.54. The van der Waals surface area contributed by atoms with Gasteiger partial charge in [-0.25, -0.2) is 9.96 Å². The van der Waals surface area contributed by atoms with Crippen molar-refractivity contribution in [2.75, 3.05) is 9.96 Å². The van der Waals surface area contributed by atoms with Crippen LogP contribution < -0.4 is 9.96 Å². The zero-order valence-electron chi connectivity index (χ0n) is 16.0. The Morgan fingerprint density at radius 2 is 1.48 bits per heavy atom. The van der Waals surface area contributed by atoms with E-state index in [2.05, 4.69) is 31.9 Å². The Morgan fingerprint density at radius 1 is 0.806 bits per heavy atom. The SMILES string of the molecule is O=C1[C@H]2[C@@H](ON(c3ccccc3)[C@H]2c2cc(Br)ccc2O)C(=O)N1c1ccc(Br)cc1. The minimum Gasteiger partial charge on any atom is -0.508 e. The van der Waals surface area contributed by atoms with Crippen molar-refractivity contribution in [3.63, 3.8) is 0 Å². The molecule has 6 nitrogen and oxygen atoms in total. The third kappa shape index (κ3) is 3.35. The van der Waals surface area contributed by atoms with Crippen molar-refractivity contribution in [2.45, 2.75) is 12.1 Å². The van der Waals surface area contributed by atoms with E-state index in [0.29, 0.717) is 16.9 Å². The molecule has 2 fully saturated rings. The number of amides is 2. The molecule has 0 radical (unpaired) electrons. The van der Waals surface area contributed by atoms with Crippen LogP contribution in [0.25, 0.3) is 0 Å². The number of carbonyl (C=O) groups excluding carboxylic acids is 2. The summed E-state index contributed by atoms with van der Waals surface area (Å²) in [4.78, 5) is 34.0. The first-order chi connectivity index (χ1) is 15.0. The van der Waals surface area contributed by atoms with Crippen LogP contribution in [0.15, 0.2) is 81.7 Å². The summed E-state index contributed by atoms with van der Waals surface area (Å²) in [5, 5.41) is 12.2. The molecular weight excluding hydrogens is 528 g/mol. The fourth-order valence-corrected chi connectivity index (χ4v) is 4.78. The van der Waals surface area contributed by atoms with Gasteiger partial charge in [-0.3, -0.25) is 14.4 Å². The van der Waals surface area contributed by atoms with Crippen molar-refractivity contribution in [3.05, 3.63) is 87.3 Å². The van der Waals surface area contributed by atoms with E-state index in [-0.39, 0.29) is 11.7 Å². The van der Waals surface area contributed by atoms with Crippen molar-refractivity contribution in [1.82, 2.24) is 0 Å². The molecule has 1 N–H and O–H groups in total. The smallest absolute Gasteiger partial charge is 0.266 e. The highest BCUT2D eigenvalue weighted by Crippen LogP contribution is 2.49. The number of imide groups is 1. The molecule has 2 aliphatic rings. The van der Waals surface area contributed by atoms with Gasteiger partial charge in [0.15, 0.2) is 6.10 Å². The van der Waals surface area contributed by atoms with Gasteiger partial charge in [0.05, 0.1) is 17.4 Å². The number of nitrogens with zero attached hydrogens (tertiary/aromatic N) is 2. The maximum Gasteiger partial charge on any atom is 0.266 e. The van der Waals surface area contributed by atoms with Crippen molar-refractivity contribution in [1.29, 1.82) is 0 Å². The van der Waals surface area contributed by atoms with E-state index in [9.17, 15) is 14.7 Å². The number of hydroxylamine groups is 1. The molecular formula is C23H16Br2N2O4. The van der Waals surface area contributed by atoms with Gasteiger partial charge < -0.3 is 5.11 Å². The molecule has 3 aromatic carbocycles. The van der Waals surface area contributed by atoms with Crippen LogP contribution in [0.2, 0.25) is 0 Å². The summed E-state index contributed by atoms with van der Waals surface area (Å²) in [5.74, 6) is -1.56. The Balaban J connectivity index is 1.62. The highest BCUT2D eigenvalue weighted by atomic mass is 79.9. The van der Waals surface area contributed by atoms with E-state index in [1.165, 1.54) is 4.90 Å². The predicted octanol–water partition coefficient (Wildman–Crippen LogP) is 4.97. The van der Waals surface area contributed by atoms with Gasteiger partial charge in [0.25, 0.3) is 5.91 Å². The van der Waals surface area contributed by atoms with Crippen LogP contribution >= 0.6 is 31.9 Å². The van der Waals surface area contributed by atoms with Gasteiger partial charge in [0.1, 0.15) is 11.7 Å². The Bertz CT molecular complexity index is 1170. The van der Waals surface area contributed by atoms with Gasteiger partial charge in [-0.05, 0) is 54.6 Å². The van der Waals surface area contributed by atoms with Crippen LogP contribution in [0, 0.1) is 5.92 Å². The minimum absolute atomic E-state index is 0.0284. The molecule has 2 amide bonds. The van der Waals surface area contributed by atoms with Crippen molar-refractivity contribution < 1.29 is 19.5 Å². The van der Waals surface area contributed by atoms with Crippen molar-refractivity contribution in [2.24, 2.45) is 5.92 Å². The van der Waals surface area contributed by atoms with E-state index in [1.807, 2.05) is 30.3 Å². The van der Waals surface area contributed by atoms with Crippen molar-refractivity contribution in [3.8, 4) is 5.75 Å². The number of halogens is 2. The number of para-hydroxylation sites is 1. The number of aromatic hydroxyl groups is 1. The van der Waals surface area contributed by atoms with E-state index in [4.69, 9.17) is 4.84 Å². The average molecular weight is 544 g/mol. The Kier molecular flexibility index (Phi) is 5.08. The lowest BCUT2D eigenvalue weighted by atomic mass is 9.90. The Labute approximate surface area is 195 Å². The number of benzene rings is 3. The van der Waals surface area contributed by atoms with Gasteiger partial charge in [-0.1, -0.05) is 50.1 Å². The number of hydrogen-bond donors (Lipinski definition) is 1. The number of phenolic OH excluding ortho intramolecular Hbond substituents is 1. The summed E-state index contributed by atoms with van der Waals surface area (Å²) in [6, 6.07) is 20.6. The quantitative estimate of drug-likeness (QED) is 0.472. The van der Waals surface area contributed by atoms with Crippen LogP contribution in [0.4, 0.5) is 11.4 Å². The van der Waals surface area contributed by atoms with E-state index < -0.39 is 24.0 Å². The molecule has 3 aromatic rings. The molecule has 156 valence electrons. The number of fused-ring (bicyclic) bond motifs is 1. The Morgan fingerprint density at radius 3 is 2.19 bits per heavy atom. The first-order valence-corrected chi connectivity index (χ1v) is 11.2. The largest absolute Gasteiger partial charge is 0.508 e. The Hall–Kier alpha value is -2.68. The number of anilines is 2. The summed E-state index contributed by atoms with van der Waals surface area (Å²) in [5.41, 5.74) is 1.68. The molecule has 31 heavy (non-hydrogen) atoms. The molecule has 2 heterocycles. The summed E-state index contributed by atoms with van der Waals surface area (Å²) in [6.45, 7) is 0. The van der Waals surface area contributed by atoms with Gasteiger partial charge in [-0.2, -0.15) is 0 Å². The van der Waals surface area contributed by atoms with Crippen LogP contribution in [-0.4, -0.2) is 23.0 Å². The molecule has 2 aliphatic heterocycles. The van der Waals surface area contributed by atoms with Gasteiger partial charge in [-0.15, -0.1) is 0 Å². The fraction of sp³-hybridized carbons (Fsp3) is 0.130. The van der Waals surface area contributed by atoms with Crippen molar-refractivity contribution >= 4 is 55.0 Å². The number of carbonyl (C=O) groups is 2. The molecule has 8 heteroatoms. The molecule has 5 rings (SSSR count). The molecule has 2 saturated heterocycles. The fourth-order valence-electron chi connectivity index (χ4n) is 4.14. The topological polar surface area (TPSA) is 70.1 Å². The first-order valence-electron chi connectivity index (χ1n) is 9.58. The van der Waals surface area contributed by atoms with Gasteiger partial charge >= 0.3 is 0 Å². The van der Waals surface area contributed by atoms with Crippen LogP contribution in [0.3, 0.4) is 0 Å². The second kappa shape index (κ2) is 7.78. The molecule has 0 aromatic heterocycles. The molecule has 0 unspecified atom stereocenters. The third-order valence-electron chi connectivity index (χ3n) is 5.52. The van der Waals surface area contributed by atoms with Gasteiger partial charge in [0, 0.05) is 14.5 Å². The maximum atomic E-state index is 13.5. The highest BCUT2D eigenvalue weighted by molar-refractivity contribution is 9.10. The standard InChI is InChI=1S/C23H16Br2N2O4/c24-13-6-9-15(10-7-13)26-22(29)19-20(17-12-14(25)8-11-18(17)28)27(31-21(19)23(26)30)16-4-2-1-3-5-16/h1-12,19-21,28H/t19-,20+,21-/m1/s1. The monoisotopic (exact) mass is 542 g/mol. The highest BCUT2D eigenvalue weighted by Gasteiger charge is 2.60. The maximum absolute atomic E-state index is 13.5. The lowest BCUT2D eigenvalue weighted by Crippen LogP contribution is -2.37. The second-order valence-corrected chi connectivity index (χ2v) is 9.18. The number of rotatable bonds is 3. The zero-order chi connectivity index (χ0) is 21.7. The first kappa shape index (κ1) is 20.2. The van der Waals surface area contributed by atoms with Crippen LogP contribution in [0.1, 0.15) is 11.6 Å².